The van der Waals surface area contributed by atoms with E-state index in [0.29, 0.717) is 12.1 Å². The van der Waals surface area contributed by atoms with Crippen molar-refractivity contribution in [2.45, 2.75) is 26.4 Å². The summed E-state index contributed by atoms with van der Waals surface area (Å²) in [5.41, 5.74) is 1.03. The summed E-state index contributed by atoms with van der Waals surface area (Å²) in [6, 6.07) is 6.43. The van der Waals surface area contributed by atoms with E-state index in [2.05, 4.69) is 11.9 Å². The number of hydrogen-bond donors (Lipinski definition) is 2. The molecule has 9 heteroatoms. The molecule has 0 radical (unpaired) electrons. The Morgan fingerprint density at radius 2 is 1.85 bits per heavy atom. The Hall–Kier alpha value is -3.36. The molecule has 0 aliphatic rings. The second-order valence-corrected chi connectivity index (χ2v) is 5.72. The number of imidazole rings is 1. The highest BCUT2D eigenvalue weighted by Gasteiger charge is 2.16. The van der Waals surface area contributed by atoms with Crippen LogP contribution in [0.2, 0.25) is 0 Å². The third kappa shape index (κ3) is 5.06. The third-order valence-electron chi connectivity index (χ3n) is 3.68. The van der Waals surface area contributed by atoms with Gasteiger partial charge in [-0.1, -0.05) is 25.1 Å². The minimum Gasteiger partial charge on any atom is -0.454 e. The van der Waals surface area contributed by atoms with Crippen molar-refractivity contribution in [3.63, 3.8) is 0 Å². The van der Waals surface area contributed by atoms with E-state index in [1.807, 2.05) is 24.4 Å². The first-order valence-corrected chi connectivity index (χ1v) is 8.50. The number of rotatable bonds is 8. The van der Waals surface area contributed by atoms with E-state index in [-0.39, 0.29) is 18.8 Å². The quantitative estimate of drug-likeness (QED) is 0.524. The number of aromatic nitrogens is 2. The topological polar surface area (TPSA) is 111 Å². The summed E-state index contributed by atoms with van der Waals surface area (Å²) in [6.45, 7) is 5.16. The number of imide groups is 1. The molecule has 2 aromatic rings. The third-order valence-corrected chi connectivity index (χ3v) is 3.68. The number of amides is 3. The van der Waals surface area contributed by atoms with Gasteiger partial charge in [0.15, 0.2) is 6.61 Å². The van der Waals surface area contributed by atoms with Gasteiger partial charge in [0, 0.05) is 13.1 Å². The van der Waals surface area contributed by atoms with Gasteiger partial charge in [-0.05, 0) is 18.6 Å². The zero-order valence-corrected chi connectivity index (χ0v) is 15.1. The van der Waals surface area contributed by atoms with E-state index in [0.717, 1.165) is 11.9 Å². The number of benzene rings is 1. The van der Waals surface area contributed by atoms with Crippen LogP contribution in [0.3, 0.4) is 0 Å². The Bertz CT molecular complexity index is 912. The Labute approximate surface area is 155 Å². The summed E-state index contributed by atoms with van der Waals surface area (Å²) in [6.07, 6.45) is 2.23. The fourth-order valence-electron chi connectivity index (χ4n) is 2.56. The van der Waals surface area contributed by atoms with Crippen LogP contribution in [0.15, 0.2) is 41.7 Å². The van der Waals surface area contributed by atoms with Crippen LogP contribution < -0.4 is 16.3 Å². The maximum Gasteiger partial charge on any atom is 0.329 e. The predicted octanol–water partition coefficient (Wildman–Crippen LogP) is 0.768. The maximum atomic E-state index is 12.6. The van der Waals surface area contributed by atoms with Crippen molar-refractivity contribution in [3.8, 4) is 0 Å². The van der Waals surface area contributed by atoms with E-state index in [1.165, 1.54) is 10.6 Å². The molecule has 0 aliphatic heterocycles. The number of ether oxygens (including phenoxy) is 1. The summed E-state index contributed by atoms with van der Waals surface area (Å²) in [5, 5.41) is 4.36. The van der Waals surface area contributed by atoms with E-state index in [4.69, 9.17) is 4.74 Å². The van der Waals surface area contributed by atoms with Crippen molar-refractivity contribution in [2.75, 3.05) is 13.2 Å². The molecule has 0 saturated carbocycles. The van der Waals surface area contributed by atoms with E-state index >= 15 is 0 Å². The Morgan fingerprint density at radius 1 is 1.19 bits per heavy atom. The molecular formula is C18H22N4O5. The molecule has 0 unspecified atom stereocenters. The van der Waals surface area contributed by atoms with Crippen LogP contribution in [0.1, 0.15) is 13.3 Å². The van der Waals surface area contributed by atoms with Gasteiger partial charge in [-0.25, -0.2) is 9.59 Å². The summed E-state index contributed by atoms with van der Waals surface area (Å²) in [5.74, 6) is -1.52. The van der Waals surface area contributed by atoms with Crippen LogP contribution in [-0.4, -0.2) is 40.2 Å². The van der Waals surface area contributed by atoms with Gasteiger partial charge in [0.2, 0.25) is 0 Å². The van der Waals surface area contributed by atoms with Crippen molar-refractivity contribution in [3.05, 3.63) is 47.4 Å². The Kier molecular flexibility index (Phi) is 6.93. The first-order chi connectivity index (χ1) is 13.0. The lowest BCUT2D eigenvalue weighted by molar-refractivity contribution is -0.148. The number of nitrogens with zero attached hydrogens (tertiary/aromatic N) is 2. The smallest absolute Gasteiger partial charge is 0.329 e. The molecule has 9 nitrogen and oxygen atoms in total. The number of fused-ring (bicyclic) bond motifs is 1. The number of urea groups is 1. The molecule has 1 aromatic carbocycles. The van der Waals surface area contributed by atoms with Gasteiger partial charge in [0.05, 0.1) is 11.0 Å². The highest BCUT2D eigenvalue weighted by molar-refractivity contribution is 5.95. The highest BCUT2D eigenvalue weighted by Crippen LogP contribution is 2.13. The SMILES string of the molecule is C=CCNC(=O)NC(=O)COC(=O)Cn1c(=O)n(CCC)c2ccccc21. The Balaban J connectivity index is 2.01. The molecule has 2 rings (SSSR count). The normalized spacial score (nSPS) is 10.4. The molecule has 144 valence electrons. The van der Waals surface area contributed by atoms with E-state index < -0.39 is 24.5 Å². The first kappa shape index (κ1) is 20.0. The molecule has 0 spiro atoms. The van der Waals surface area contributed by atoms with Crippen LogP contribution >= 0.6 is 0 Å². The summed E-state index contributed by atoms with van der Waals surface area (Å²) >= 11 is 0. The zero-order chi connectivity index (χ0) is 19.8. The van der Waals surface area contributed by atoms with Crippen LogP contribution in [0, 0.1) is 0 Å². The lowest BCUT2D eigenvalue weighted by atomic mass is 10.3. The van der Waals surface area contributed by atoms with Gasteiger partial charge in [-0.15, -0.1) is 6.58 Å². The van der Waals surface area contributed by atoms with Crippen molar-refractivity contribution < 1.29 is 19.1 Å². The molecule has 0 aliphatic carbocycles. The highest BCUT2D eigenvalue weighted by atomic mass is 16.5. The van der Waals surface area contributed by atoms with E-state index in [9.17, 15) is 19.2 Å². The number of hydrogen-bond acceptors (Lipinski definition) is 5. The Morgan fingerprint density at radius 3 is 2.48 bits per heavy atom. The second kappa shape index (κ2) is 9.37. The maximum absolute atomic E-state index is 12.6. The zero-order valence-electron chi connectivity index (χ0n) is 15.1. The van der Waals surface area contributed by atoms with Gasteiger partial charge in [-0.2, -0.15) is 0 Å². The van der Waals surface area contributed by atoms with Gasteiger partial charge in [-0.3, -0.25) is 24.0 Å². The van der Waals surface area contributed by atoms with Crippen molar-refractivity contribution >= 4 is 28.9 Å². The predicted molar refractivity (Wildman–Crippen MR) is 99.2 cm³/mol. The molecule has 0 bridgehead atoms. The van der Waals surface area contributed by atoms with Crippen molar-refractivity contribution in [2.24, 2.45) is 0 Å². The van der Waals surface area contributed by atoms with Crippen LogP contribution in [0.25, 0.3) is 11.0 Å². The minimum absolute atomic E-state index is 0.198. The van der Waals surface area contributed by atoms with Crippen LogP contribution in [-0.2, 0) is 27.4 Å². The summed E-state index contributed by atoms with van der Waals surface area (Å²) < 4.78 is 7.77. The number of carbonyl (C=O) groups is 3. The lowest BCUT2D eigenvalue weighted by Gasteiger charge is -2.07. The van der Waals surface area contributed by atoms with Crippen molar-refractivity contribution in [1.82, 2.24) is 19.8 Å². The average Bonchev–Trinajstić information content (AvgIpc) is 2.91. The van der Waals surface area contributed by atoms with Gasteiger partial charge < -0.3 is 10.1 Å². The standard InChI is InChI=1S/C18H22N4O5/c1-3-9-19-17(25)20-15(23)12-27-16(24)11-22-14-8-6-5-7-13(14)21(10-4-2)18(22)26/h3,5-8H,1,4,9-12H2,2H3,(H2,19,20,23,25). The van der Waals surface area contributed by atoms with Crippen molar-refractivity contribution in [1.29, 1.82) is 0 Å². The molecular weight excluding hydrogens is 352 g/mol. The van der Waals surface area contributed by atoms with Gasteiger partial charge in [0.25, 0.3) is 5.91 Å². The molecule has 0 fully saturated rings. The molecule has 3 amide bonds. The number of carbonyl (C=O) groups excluding carboxylic acids is 3. The molecule has 2 N–H and O–H groups in total. The average molecular weight is 374 g/mol. The molecule has 27 heavy (non-hydrogen) atoms. The van der Waals surface area contributed by atoms with Crippen LogP contribution in [0.5, 0.6) is 0 Å². The fourth-order valence-corrected chi connectivity index (χ4v) is 2.56. The number of nitrogens with one attached hydrogen (secondary N) is 2. The summed E-state index contributed by atoms with van der Waals surface area (Å²) in [4.78, 5) is 47.5. The molecule has 0 atom stereocenters. The lowest BCUT2D eigenvalue weighted by Crippen LogP contribution is -2.41. The number of esters is 1. The monoisotopic (exact) mass is 374 g/mol. The van der Waals surface area contributed by atoms with Crippen LogP contribution in [0.4, 0.5) is 4.79 Å². The molecule has 0 saturated heterocycles. The fraction of sp³-hybridized carbons (Fsp3) is 0.333. The molecule has 1 aromatic heterocycles. The largest absolute Gasteiger partial charge is 0.454 e. The first-order valence-electron chi connectivity index (χ1n) is 8.50. The number of aryl methyl sites for hydroxylation is 1. The molecule has 1 heterocycles. The summed E-state index contributed by atoms with van der Waals surface area (Å²) in [7, 11) is 0. The van der Waals surface area contributed by atoms with E-state index in [1.54, 1.807) is 16.7 Å². The second-order valence-electron chi connectivity index (χ2n) is 5.72. The van der Waals surface area contributed by atoms with Gasteiger partial charge >= 0.3 is 17.7 Å². The number of para-hydroxylation sites is 2. The van der Waals surface area contributed by atoms with Gasteiger partial charge in [0.1, 0.15) is 6.54 Å². The minimum atomic E-state index is -0.773.